The molecule has 2 N–H and O–H groups in total. The van der Waals surface area contributed by atoms with Crippen molar-refractivity contribution in [3.8, 4) is 0 Å². The van der Waals surface area contributed by atoms with Gasteiger partial charge in [-0.3, -0.25) is 4.79 Å². The zero-order valence-corrected chi connectivity index (χ0v) is 15.4. The number of hydrogen-bond acceptors (Lipinski definition) is 4. The Bertz CT molecular complexity index is 786. The number of nitrogens with zero attached hydrogens (tertiary/aromatic N) is 1. The van der Waals surface area contributed by atoms with Crippen LogP contribution in [0.15, 0.2) is 54.6 Å². The van der Waals surface area contributed by atoms with Gasteiger partial charge in [-0.2, -0.15) is 0 Å². The molecular formula is C21H24N2O4. The molecule has 1 amide bonds. The molecule has 142 valence electrons. The number of rotatable bonds is 6. The predicted octanol–water partition coefficient (Wildman–Crippen LogP) is 2.64. The quantitative estimate of drug-likeness (QED) is 0.820. The Balaban J connectivity index is 1.80. The maximum Gasteiger partial charge on any atom is 0.334 e. The number of carbonyl (C=O) groups excluding carboxylic acids is 1. The van der Waals surface area contributed by atoms with E-state index in [0.29, 0.717) is 24.3 Å². The molecule has 0 aromatic heterocycles. The number of amides is 1. The van der Waals surface area contributed by atoms with Gasteiger partial charge in [0.25, 0.3) is 5.91 Å². The lowest BCUT2D eigenvalue weighted by Crippen LogP contribution is -2.51. The number of anilines is 1. The second-order valence-electron chi connectivity index (χ2n) is 6.53. The third-order valence-electron chi connectivity index (χ3n) is 4.99. The van der Waals surface area contributed by atoms with Crippen LogP contribution in [0.3, 0.4) is 0 Å². The van der Waals surface area contributed by atoms with Crippen LogP contribution in [0.5, 0.6) is 0 Å². The van der Waals surface area contributed by atoms with E-state index in [0.717, 1.165) is 18.8 Å². The van der Waals surface area contributed by atoms with Crippen LogP contribution in [-0.2, 0) is 15.1 Å². The van der Waals surface area contributed by atoms with Crippen molar-refractivity contribution >= 4 is 17.6 Å². The summed E-state index contributed by atoms with van der Waals surface area (Å²) in [6.45, 7) is 4.77. The van der Waals surface area contributed by atoms with E-state index < -0.39 is 17.4 Å². The highest BCUT2D eigenvalue weighted by Crippen LogP contribution is 2.26. The summed E-state index contributed by atoms with van der Waals surface area (Å²) in [5.41, 5.74) is 0.555. The molecule has 1 fully saturated rings. The van der Waals surface area contributed by atoms with Crippen molar-refractivity contribution in [1.29, 1.82) is 0 Å². The summed E-state index contributed by atoms with van der Waals surface area (Å²) in [5.74, 6) is -1.48. The van der Waals surface area contributed by atoms with Crippen LogP contribution in [0, 0.1) is 0 Å². The molecule has 1 atom stereocenters. The van der Waals surface area contributed by atoms with Crippen molar-refractivity contribution in [2.75, 3.05) is 31.2 Å². The fraction of sp³-hybridized carbons (Fsp3) is 0.333. The van der Waals surface area contributed by atoms with E-state index in [-0.39, 0.29) is 6.42 Å². The Hall–Kier alpha value is -2.86. The molecule has 0 saturated carbocycles. The molecule has 1 unspecified atom stereocenters. The van der Waals surface area contributed by atoms with E-state index in [1.807, 2.05) is 18.2 Å². The minimum atomic E-state index is -1.46. The number of ether oxygens (including phenoxy) is 1. The van der Waals surface area contributed by atoms with E-state index in [4.69, 9.17) is 4.74 Å². The molecule has 0 spiro atoms. The lowest BCUT2D eigenvalue weighted by molar-refractivity contribution is -0.145. The predicted molar refractivity (Wildman–Crippen MR) is 103 cm³/mol. The van der Waals surface area contributed by atoms with Crippen molar-refractivity contribution in [3.05, 3.63) is 65.7 Å². The van der Waals surface area contributed by atoms with Gasteiger partial charge < -0.3 is 20.1 Å². The highest BCUT2D eigenvalue weighted by Gasteiger charge is 2.40. The second-order valence-corrected chi connectivity index (χ2v) is 6.53. The van der Waals surface area contributed by atoms with Gasteiger partial charge in [-0.25, -0.2) is 4.79 Å². The van der Waals surface area contributed by atoms with Gasteiger partial charge in [-0.15, -0.1) is 0 Å². The van der Waals surface area contributed by atoms with Gasteiger partial charge in [0.15, 0.2) is 5.54 Å². The molecule has 6 heteroatoms. The van der Waals surface area contributed by atoms with Gasteiger partial charge in [0, 0.05) is 24.3 Å². The summed E-state index contributed by atoms with van der Waals surface area (Å²) in [7, 11) is 0. The minimum Gasteiger partial charge on any atom is -0.479 e. The van der Waals surface area contributed by atoms with Gasteiger partial charge in [0.1, 0.15) is 0 Å². The Morgan fingerprint density at radius 3 is 2.26 bits per heavy atom. The zero-order chi connectivity index (χ0) is 19.3. The number of carboxylic acids is 1. The normalized spacial score (nSPS) is 16.4. The van der Waals surface area contributed by atoms with E-state index >= 15 is 0 Å². The van der Waals surface area contributed by atoms with Crippen LogP contribution < -0.4 is 10.2 Å². The van der Waals surface area contributed by atoms with Crippen LogP contribution in [-0.4, -0.2) is 43.3 Å². The first-order valence-corrected chi connectivity index (χ1v) is 9.11. The van der Waals surface area contributed by atoms with Gasteiger partial charge in [-0.1, -0.05) is 37.3 Å². The van der Waals surface area contributed by atoms with Gasteiger partial charge in [0.05, 0.1) is 13.2 Å². The monoisotopic (exact) mass is 368 g/mol. The van der Waals surface area contributed by atoms with Crippen molar-refractivity contribution in [1.82, 2.24) is 5.32 Å². The lowest BCUT2D eigenvalue weighted by Gasteiger charge is -2.30. The molecule has 0 aliphatic carbocycles. The average Bonchev–Trinajstić information content (AvgIpc) is 2.73. The molecule has 0 bridgehead atoms. The Morgan fingerprint density at radius 1 is 1.07 bits per heavy atom. The number of morpholine rings is 1. The number of hydrogen-bond donors (Lipinski definition) is 2. The SMILES string of the molecule is CCC(NC(=O)c1ccc(N2CCOCC2)cc1)(C(=O)O)c1ccccc1. The third-order valence-corrected chi connectivity index (χ3v) is 4.99. The van der Waals surface area contributed by atoms with Crippen molar-refractivity contribution in [2.24, 2.45) is 0 Å². The Kier molecular flexibility index (Phi) is 5.76. The number of carboxylic acid groups (broad SMARTS) is 1. The van der Waals surface area contributed by atoms with Crippen LogP contribution in [0.2, 0.25) is 0 Å². The van der Waals surface area contributed by atoms with E-state index in [2.05, 4.69) is 10.2 Å². The van der Waals surface area contributed by atoms with Crippen molar-refractivity contribution < 1.29 is 19.4 Å². The van der Waals surface area contributed by atoms with Crippen LogP contribution in [0.4, 0.5) is 5.69 Å². The van der Waals surface area contributed by atoms with Crippen molar-refractivity contribution in [3.63, 3.8) is 0 Å². The van der Waals surface area contributed by atoms with E-state index in [1.54, 1.807) is 43.3 Å². The summed E-state index contributed by atoms with van der Waals surface area (Å²) >= 11 is 0. The number of nitrogens with one attached hydrogen (secondary N) is 1. The second kappa shape index (κ2) is 8.22. The highest BCUT2D eigenvalue weighted by molar-refractivity contribution is 5.98. The minimum absolute atomic E-state index is 0.240. The topological polar surface area (TPSA) is 78.9 Å². The summed E-state index contributed by atoms with van der Waals surface area (Å²) in [6.07, 6.45) is 0.240. The van der Waals surface area contributed by atoms with E-state index in [1.165, 1.54) is 0 Å². The smallest absolute Gasteiger partial charge is 0.334 e. The van der Waals surface area contributed by atoms with Crippen LogP contribution in [0.25, 0.3) is 0 Å². The van der Waals surface area contributed by atoms with E-state index in [9.17, 15) is 14.7 Å². The summed E-state index contributed by atoms with van der Waals surface area (Å²) < 4.78 is 5.35. The van der Waals surface area contributed by atoms with Gasteiger partial charge in [-0.05, 0) is 36.2 Å². The highest BCUT2D eigenvalue weighted by atomic mass is 16.5. The van der Waals surface area contributed by atoms with Crippen LogP contribution in [0.1, 0.15) is 29.3 Å². The molecule has 2 aromatic carbocycles. The standard InChI is InChI=1S/C21H24N2O4/c1-2-21(20(25)26,17-6-4-3-5-7-17)22-19(24)16-8-10-18(11-9-16)23-12-14-27-15-13-23/h3-11H,2,12-15H2,1H3,(H,22,24)(H,25,26). The Labute approximate surface area is 158 Å². The number of benzene rings is 2. The largest absolute Gasteiger partial charge is 0.479 e. The molecule has 1 aliphatic heterocycles. The molecule has 27 heavy (non-hydrogen) atoms. The molecular weight excluding hydrogens is 344 g/mol. The summed E-state index contributed by atoms with van der Waals surface area (Å²) in [6, 6.07) is 16.0. The maximum absolute atomic E-state index is 12.8. The molecule has 0 radical (unpaired) electrons. The molecule has 3 rings (SSSR count). The first kappa shape index (κ1) is 18.9. The number of aliphatic carboxylic acids is 1. The Morgan fingerprint density at radius 2 is 1.70 bits per heavy atom. The maximum atomic E-state index is 12.8. The van der Waals surface area contributed by atoms with Crippen molar-refractivity contribution in [2.45, 2.75) is 18.9 Å². The molecule has 1 saturated heterocycles. The zero-order valence-electron chi connectivity index (χ0n) is 15.4. The molecule has 2 aromatic rings. The first-order valence-electron chi connectivity index (χ1n) is 9.11. The fourth-order valence-corrected chi connectivity index (χ4v) is 3.33. The van der Waals surface area contributed by atoms with Gasteiger partial charge >= 0.3 is 5.97 Å². The molecule has 1 aliphatic rings. The molecule has 1 heterocycles. The third kappa shape index (κ3) is 3.95. The fourth-order valence-electron chi connectivity index (χ4n) is 3.33. The first-order chi connectivity index (χ1) is 13.1. The lowest BCUT2D eigenvalue weighted by atomic mass is 9.87. The van der Waals surface area contributed by atoms with Crippen LogP contribution >= 0.6 is 0 Å². The average molecular weight is 368 g/mol. The molecule has 6 nitrogen and oxygen atoms in total. The van der Waals surface area contributed by atoms with Gasteiger partial charge in [0.2, 0.25) is 0 Å². The number of carbonyl (C=O) groups is 2. The summed E-state index contributed by atoms with van der Waals surface area (Å²) in [4.78, 5) is 27.0. The summed E-state index contributed by atoms with van der Waals surface area (Å²) in [5, 5.41) is 12.6.